The van der Waals surface area contributed by atoms with E-state index in [1.165, 1.54) is 63.9 Å². The molecule has 8 rings (SSSR count). The number of hydrogen-bond acceptors (Lipinski definition) is 2. The molecule has 2 nitrogen and oxygen atoms in total. The van der Waals surface area contributed by atoms with E-state index < -0.39 is 26.5 Å². The minimum absolute atomic E-state index is 1.16. The number of nitrogens with zero attached hydrogens (tertiary/aromatic N) is 2. The summed E-state index contributed by atoms with van der Waals surface area (Å²) in [6.07, 6.45) is 0. The number of rotatable bonds is 8. The van der Waals surface area contributed by atoms with Gasteiger partial charge in [0.15, 0.2) is 0 Å². The van der Waals surface area contributed by atoms with E-state index in [1.54, 1.807) is 0 Å². The summed E-state index contributed by atoms with van der Waals surface area (Å²) in [5, 5.41) is 7.68. The van der Waals surface area contributed by atoms with Crippen molar-refractivity contribution in [2.75, 3.05) is 9.80 Å². The Balaban J connectivity index is 1.26. The van der Waals surface area contributed by atoms with E-state index >= 15 is 0 Å². The fourth-order valence-electron chi connectivity index (χ4n) is 7.33. The molecule has 4 heteroatoms. The Labute approximate surface area is 302 Å². The number of benzene rings is 8. The summed E-state index contributed by atoms with van der Waals surface area (Å²) in [6.45, 7) is 0. The summed E-state index contributed by atoms with van der Waals surface area (Å²) < 4.78 is 3.04. The third-order valence-electron chi connectivity index (χ3n) is 10.0. The van der Waals surface area contributed by atoms with Crippen LogP contribution in [0, 0.1) is 0 Å². The van der Waals surface area contributed by atoms with Crippen LogP contribution in [-0.4, -0.2) is 26.5 Å². The van der Waals surface area contributed by atoms with Crippen LogP contribution in [0.3, 0.4) is 0 Å². The predicted octanol–water partition coefficient (Wildman–Crippen LogP) is 12.6. The third-order valence-corrected chi connectivity index (χ3v) is 18.7. The summed E-state index contributed by atoms with van der Waals surface area (Å²) in [6, 6.07) is 58.9. The Morgan fingerprint density at radius 3 is 0.860 bits per heavy atom. The van der Waals surface area contributed by atoms with Crippen LogP contribution in [0.15, 0.2) is 158 Å². The minimum atomic E-state index is -1.94. The van der Waals surface area contributed by atoms with Crippen LogP contribution in [0.2, 0.25) is 34.5 Å². The number of para-hydroxylation sites is 2. The molecular weight excluding hydrogens is 726 g/mol. The molecule has 0 heterocycles. The van der Waals surface area contributed by atoms with Gasteiger partial charge in [-0.15, -0.1) is 0 Å². The summed E-state index contributed by atoms with van der Waals surface area (Å²) in [4.78, 5) is 4.80. The fraction of sp³-hybridized carbons (Fsp3) is 0.130. The van der Waals surface area contributed by atoms with E-state index in [9.17, 15) is 0 Å². The van der Waals surface area contributed by atoms with Crippen molar-refractivity contribution in [3.63, 3.8) is 0 Å². The van der Waals surface area contributed by atoms with Gasteiger partial charge in [-0.3, -0.25) is 0 Å². The second kappa shape index (κ2) is 12.7. The molecule has 0 radical (unpaired) electrons. The maximum absolute atomic E-state index is 2.46. The van der Waals surface area contributed by atoms with E-state index in [4.69, 9.17) is 0 Å². The van der Waals surface area contributed by atoms with Gasteiger partial charge < -0.3 is 0 Å². The molecule has 0 aromatic heterocycles. The first-order chi connectivity index (χ1) is 24.0. The summed E-state index contributed by atoms with van der Waals surface area (Å²) in [5.41, 5.74) is 7.04. The molecule has 0 aliphatic heterocycles. The molecule has 0 unspecified atom stereocenters. The van der Waals surface area contributed by atoms with Gasteiger partial charge in [0.25, 0.3) is 0 Å². The van der Waals surface area contributed by atoms with Crippen molar-refractivity contribution in [1.82, 2.24) is 0 Å². The van der Waals surface area contributed by atoms with Crippen LogP contribution < -0.4 is 18.6 Å². The molecule has 8 aromatic rings. The monoisotopic (exact) mass is 772 g/mol. The van der Waals surface area contributed by atoms with Crippen LogP contribution in [-0.2, 0) is 0 Å². The molecule has 0 fully saturated rings. The predicted molar refractivity (Wildman–Crippen MR) is 225 cm³/mol. The van der Waals surface area contributed by atoms with Crippen LogP contribution in [0.1, 0.15) is 0 Å². The Bertz CT molecular complexity index is 2180. The Morgan fingerprint density at radius 1 is 0.300 bits per heavy atom. The van der Waals surface area contributed by atoms with Crippen molar-refractivity contribution in [2.45, 2.75) is 34.5 Å². The van der Waals surface area contributed by atoms with Gasteiger partial charge in [0.05, 0.1) is 0 Å². The SMILES string of the molecule is [CH3][Ge]([CH3])([CH3])[c]1ccc(N(c2ccccc2)c2cc3ccc4cc(N(c5ccccc5)c5cc[c]([Ge]([CH3])([CH3])[CH3])cc5)cc5ccc(c2)c3c45)cc1. The number of hydrogen-bond donors (Lipinski definition) is 0. The Hall–Kier alpha value is -4.51. The molecule has 0 saturated heterocycles. The van der Waals surface area contributed by atoms with Crippen molar-refractivity contribution in [2.24, 2.45) is 0 Å². The van der Waals surface area contributed by atoms with Crippen LogP contribution in [0.5, 0.6) is 0 Å². The second-order valence-corrected chi connectivity index (χ2v) is 36.9. The van der Waals surface area contributed by atoms with Crippen molar-refractivity contribution >= 4 is 102 Å². The first-order valence-electron chi connectivity index (χ1n) is 17.7. The molecule has 0 bridgehead atoms. The Kier molecular flexibility index (Phi) is 8.28. The van der Waals surface area contributed by atoms with Crippen LogP contribution in [0.4, 0.5) is 34.1 Å². The van der Waals surface area contributed by atoms with E-state index in [-0.39, 0.29) is 0 Å². The zero-order chi connectivity index (χ0) is 34.6. The Morgan fingerprint density at radius 2 is 0.580 bits per heavy atom. The van der Waals surface area contributed by atoms with Gasteiger partial charge in [-0.25, -0.2) is 0 Å². The third kappa shape index (κ3) is 6.09. The summed E-state index contributed by atoms with van der Waals surface area (Å²) in [7, 11) is 0. The van der Waals surface area contributed by atoms with Gasteiger partial charge in [-0.05, 0) is 0 Å². The first kappa shape index (κ1) is 32.7. The molecule has 0 saturated carbocycles. The van der Waals surface area contributed by atoms with Crippen molar-refractivity contribution in [3.05, 3.63) is 158 Å². The first-order valence-corrected chi connectivity index (χ1v) is 32.4. The zero-order valence-corrected chi connectivity index (χ0v) is 34.1. The zero-order valence-electron chi connectivity index (χ0n) is 29.9. The molecule has 0 amide bonds. The summed E-state index contributed by atoms with van der Waals surface area (Å²) in [5.74, 6) is 14.7. The van der Waals surface area contributed by atoms with Crippen molar-refractivity contribution in [1.29, 1.82) is 0 Å². The molecule has 0 atom stereocenters. The molecular formula is C46H44Ge2N2. The van der Waals surface area contributed by atoms with E-state index in [0.717, 1.165) is 11.4 Å². The van der Waals surface area contributed by atoms with Crippen molar-refractivity contribution in [3.8, 4) is 0 Å². The standard InChI is InChI=1S/C46H44Ge2N2/c1-47(2,3)37-21-25-41(26-22-37)49(39-13-9-7-10-14-39)43-29-33-17-19-35-31-44(32-36-20-18-34(30-43)45(33)46(35)36)50(40-15-11-8-12-16-40)42-27-23-38(24-28-42)48(4,5)6/h7-32H,1-6H3. The molecule has 0 spiro atoms. The fourth-order valence-corrected chi connectivity index (χ4v) is 12.2. The topological polar surface area (TPSA) is 6.48 Å². The van der Waals surface area contributed by atoms with E-state index in [2.05, 4.69) is 202 Å². The molecule has 246 valence electrons. The molecule has 0 aliphatic rings. The molecule has 0 N–H and O–H groups in total. The van der Waals surface area contributed by atoms with Gasteiger partial charge >= 0.3 is 304 Å². The normalized spacial score (nSPS) is 12.2. The molecule has 50 heavy (non-hydrogen) atoms. The average molecular weight is 770 g/mol. The van der Waals surface area contributed by atoms with Gasteiger partial charge in [-0.2, -0.15) is 0 Å². The molecule has 8 aromatic carbocycles. The molecule has 0 aliphatic carbocycles. The van der Waals surface area contributed by atoms with Crippen LogP contribution in [0.25, 0.3) is 32.3 Å². The van der Waals surface area contributed by atoms with Gasteiger partial charge in [0.1, 0.15) is 0 Å². The van der Waals surface area contributed by atoms with E-state index in [1.807, 2.05) is 0 Å². The van der Waals surface area contributed by atoms with Crippen molar-refractivity contribution < 1.29 is 0 Å². The van der Waals surface area contributed by atoms with Crippen LogP contribution >= 0.6 is 0 Å². The quantitative estimate of drug-likeness (QED) is 0.112. The maximum atomic E-state index is 2.46. The van der Waals surface area contributed by atoms with E-state index in [0.29, 0.717) is 0 Å². The summed E-state index contributed by atoms with van der Waals surface area (Å²) >= 11 is -3.87. The van der Waals surface area contributed by atoms with Gasteiger partial charge in [0, 0.05) is 0 Å². The average Bonchev–Trinajstić information content (AvgIpc) is 3.11. The number of anilines is 6. The van der Waals surface area contributed by atoms with Gasteiger partial charge in [0.2, 0.25) is 0 Å². The second-order valence-electron chi connectivity index (χ2n) is 15.6. The van der Waals surface area contributed by atoms with Gasteiger partial charge in [-0.1, -0.05) is 0 Å².